The maximum atomic E-state index is 13.3. The number of aromatic nitrogens is 1. The van der Waals surface area contributed by atoms with E-state index in [1.807, 2.05) is 34.5 Å². The molecule has 0 N–H and O–H groups in total. The highest BCUT2D eigenvalue weighted by molar-refractivity contribution is 8.00. The summed E-state index contributed by atoms with van der Waals surface area (Å²) in [4.78, 5) is 19.5. The van der Waals surface area contributed by atoms with Gasteiger partial charge in [-0.25, -0.2) is 4.98 Å². The van der Waals surface area contributed by atoms with Crippen LogP contribution in [-0.2, 0) is 11.9 Å². The van der Waals surface area contributed by atoms with Crippen LogP contribution in [-0.4, -0.2) is 34.0 Å². The third-order valence-electron chi connectivity index (χ3n) is 6.36. The van der Waals surface area contributed by atoms with Gasteiger partial charge in [0.2, 0.25) is 0 Å². The molecule has 2 unspecified atom stereocenters. The number of rotatable bonds is 6. The molecule has 2 aliphatic rings. The fraction of sp³-hybridized carbons (Fsp3) is 0.360. The zero-order valence-corrected chi connectivity index (χ0v) is 19.8. The van der Waals surface area contributed by atoms with E-state index in [9.17, 15) is 18.0 Å². The van der Waals surface area contributed by atoms with Crippen LogP contribution in [0.2, 0.25) is 0 Å². The van der Waals surface area contributed by atoms with Gasteiger partial charge in [0, 0.05) is 47.8 Å². The molecule has 3 heterocycles. The third kappa shape index (κ3) is 5.10. The van der Waals surface area contributed by atoms with E-state index in [0.29, 0.717) is 18.4 Å². The number of carbonyl (C=O) groups excluding carboxylic acids is 1. The van der Waals surface area contributed by atoms with Gasteiger partial charge in [-0.05, 0) is 48.7 Å². The summed E-state index contributed by atoms with van der Waals surface area (Å²) >= 11 is 3.28. The zero-order chi connectivity index (χ0) is 23.7. The standard InChI is InChI=1S/C25H23F3N2O2S2/c26-25(27,28)18-2-1-3-21(12-18)32-22-13-19-8-9-20(14-22)30(19)23(31)17-6-4-16(5-7-17)15-34-24-29-10-11-33-24/h1-7,10-12,19-20,22H,8-9,13-15H2. The number of ether oxygens (including phenoxy) is 1. The Morgan fingerprint density at radius 3 is 2.50 bits per heavy atom. The summed E-state index contributed by atoms with van der Waals surface area (Å²) in [7, 11) is 0. The number of thiazole rings is 1. The van der Waals surface area contributed by atoms with Gasteiger partial charge in [0.05, 0.1) is 5.56 Å². The van der Waals surface area contributed by atoms with Gasteiger partial charge < -0.3 is 9.64 Å². The smallest absolute Gasteiger partial charge is 0.416 e. The fourth-order valence-corrected chi connectivity index (χ4v) is 6.41. The Morgan fingerprint density at radius 1 is 1.12 bits per heavy atom. The summed E-state index contributed by atoms with van der Waals surface area (Å²) < 4.78 is 46.0. The Hall–Kier alpha value is -2.52. The lowest BCUT2D eigenvalue weighted by molar-refractivity contribution is -0.137. The van der Waals surface area contributed by atoms with Crippen LogP contribution in [0.5, 0.6) is 5.75 Å². The van der Waals surface area contributed by atoms with Crippen LogP contribution in [0.15, 0.2) is 64.4 Å². The number of benzene rings is 2. The quantitative estimate of drug-likeness (QED) is 0.352. The minimum atomic E-state index is -4.40. The van der Waals surface area contributed by atoms with Crippen molar-refractivity contribution in [3.8, 4) is 5.75 Å². The van der Waals surface area contributed by atoms with E-state index >= 15 is 0 Å². The number of hydrogen-bond acceptors (Lipinski definition) is 5. The molecule has 9 heteroatoms. The van der Waals surface area contributed by atoms with Crippen molar-refractivity contribution in [3.63, 3.8) is 0 Å². The molecule has 0 saturated carbocycles. The van der Waals surface area contributed by atoms with E-state index in [1.165, 1.54) is 6.07 Å². The Morgan fingerprint density at radius 2 is 1.85 bits per heavy atom. The number of halogens is 3. The van der Waals surface area contributed by atoms with Crippen molar-refractivity contribution in [1.29, 1.82) is 0 Å². The molecule has 5 rings (SSSR count). The maximum absolute atomic E-state index is 13.3. The van der Waals surface area contributed by atoms with Gasteiger partial charge in [-0.15, -0.1) is 11.3 Å². The van der Waals surface area contributed by atoms with Gasteiger partial charge in [-0.2, -0.15) is 13.2 Å². The summed E-state index contributed by atoms with van der Waals surface area (Å²) in [5, 5.41) is 1.95. The van der Waals surface area contributed by atoms with Crippen molar-refractivity contribution in [1.82, 2.24) is 9.88 Å². The first-order valence-electron chi connectivity index (χ1n) is 11.1. The molecule has 4 nitrogen and oxygen atoms in total. The first kappa shape index (κ1) is 23.2. The molecule has 2 aromatic carbocycles. The van der Waals surface area contributed by atoms with E-state index in [4.69, 9.17) is 4.74 Å². The zero-order valence-electron chi connectivity index (χ0n) is 18.2. The van der Waals surface area contributed by atoms with Crippen molar-refractivity contribution in [2.75, 3.05) is 0 Å². The summed E-state index contributed by atoms with van der Waals surface area (Å²) in [6, 6.07) is 12.8. The molecule has 0 aliphatic carbocycles. The SMILES string of the molecule is O=C(c1ccc(CSc2nccs2)cc1)N1C2CCC1CC(Oc1cccc(C(F)(F)F)c1)C2. The van der Waals surface area contributed by atoms with Gasteiger partial charge >= 0.3 is 6.18 Å². The minimum Gasteiger partial charge on any atom is -0.490 e. The van der Waals surface area contributed by atoms with Crippen LogP contribution in [0, 0.1) is 0 Å². The number of thioether (sulfide) groups is 1. The summed E-state index contributed by atoms with van der Waals surface area (Å²) in [6.07, 6.45) is 0.223. The van der Waals surface area contributed by atoms with E-state index in [2.05, 4.69) is 4.98 Å². The molecule has 3 aromatic rings. The lowest BCUT2D eigenvalue weighted by Crippen LogP contribution is -2.49. The minimum absolute atomic E-state index is 0.0177. The van der Waals surface area contributed by atoms with E-state index < -0.39 is 11.7 Å². The summed E-state index contributed by atoms with van der Waals surface area (Å²) in [5.74, 6) is 1.04. The number of amides is 1. The number of nitrogens with zero attached hydrogens (tertiary/aromatic N) is 2. The fourth-order valence-electron chi connectivity index (χ4n) is 4.81. The highest BCUT2D eigenvalue weighted by atomic mass is 32.2. The van der Waals surface area contributed by atoms with Crippen LogP contribution in [0.1, 0.15) is 47.2 Å². The molecule has 0 spiro atoms. The molecule has 0 radical (unpaired) electrons. The van der Waals surface area contributed by atoms with Gasteiger partial charge in [-0.1, -0.05) is 30.0 Å². The van der Waals surface area contributed by atoms with Crippen LogP contribution < -0.4 is 4.74 Å². The second-order valence-electron chi connectivity index (χ2n) is 8.62. The Kier molecular flexibility index (Phi) is 6.57. The normalized spacial score (nSPS) is 22.1. The van der Waals surface area contributed by atoms with Crippen LogP contribution in [0.4, 0.5) is 13.2 Å². The maximum Gasteiger partial charge on any atom is 0.416 e. The number of carbonyl (C=O) groups is 1. The van der Waals surface area contributed by atoms with Gasteiger partial charge in [0.25, 0.3) is 5.91 Å². The van der Waals surface area contributed by atoms with Crippen molar-refractivity contribution in [3.05, 3.63) is 76.8 Å². The molecule has 2 aliphatic heterocycles. The number of piperidine rings is 1. The van der Waals surface area contributed by atoms with E-state index in [-0.39, 0.29) is 29.8 Å². The highest BCUT2D eigenvalue weighted by Gasteiger charge is 2.44. The molecule has 2 bridgehead atoms. The van der Waals surface area contributed by atoms with Crippen molar-refractivity contribution in [2.24, 2.45) is 0 Å². The van der Waals surface area contributed by atoms with Crippen LogP contribution in [0.25, 0.3) is 0 Å². The van der Waals surface area contributed by atoms with Crippen LogP contribution in [0.3, 0.4) is 0 Å². The Balaban J connectivity index is 1.21. The monoisotopic (exact) mass is 504 g/mol. The highest BCUT2D eigenvalue weighted by Crippen LogP contribution is 2.39. The predicted molar refractivity (Wildman–Crippen MR) is 126 cm³/mol. The van der Waals surface area contributed by atoms with Crippen molar-refractivity contribution < 1.29 is 22.7 Å². The lowest BCUT2D eigenvalue weighted by Gasteiger charge is -2.39. The lowest BCUT2D eigenvalue weighted by atomic mass is 9.98. The molecule has 2 atom stereocenters. The van der Waals surface area contributed by atoms with Crippen LogP contribution >= 0.6 is 23.1 Å². The summed E-state index contributed by atoms with van der Waals surface area (Å²) in [5.41, 5.74) is 1.08. The molecule has 2 saturated heterocycles. The van der Waals surface area contributed by atoms with Gasteiger partial charge in [0.15, 0.2) is 0 Å². The molecular weight excluding hydrogens is 481 g/mol. The molecule has 178 valence electrons. The van der Waals surface area contributed by atoms with E-state index in [1.54, 1.807) is 35.4 Å². The predicted octanol–water partition coefficient (Wildman–Crippen LogP) is 6.67. The first-order chi connectivity index (χ1) is 16.4. The average molecular weight is 505 g/mol. The first-order valence-corrected chi connectivity index (χ1v) is 13.0. The topological polar surface area (TPSA) is 42.4 Å². The molecule has 1 amide bonds. The number of fused-ring (bicyclic) bond motifs is 2. The number of alkyl halides is 3. The average Bonchev–Trinajstić information content (AvgIpc) is 3.43. The molecule has 2 fully saturated rings. The van der Waals surface area contributed by atoms with Crippen molar-refractivity contribution in [2.45, 2.75) is 60.1 Å². The summed E-state index contributed by atoms with van der Waals surface area (Å²) in [6.45, 7) is 0. The third-order valence-corrected chi connectivity index (χ3v) is 8.40. The van der Waals surface area contributed by atoms with Gasteiger partial charge in [0.1, 0.15) is 16.2 Å². The molecule has 1 aromatic heterocycles. The Labute approximate surface area is 204 Å². The molecular formula is C25H23F3N2O2S2. The largest absolute Gasteiger partial charge is 0.490 e. The Bertz CT molecular complexity index is 1120. The second-order valence-corrected chi connectivity index (χ2v) is 10.7. The molecule has 34 heavy (non-hydrogen) atoms. The van der Waals surface area contributed by atoms with E-state index in [0.717, 1.165) is 40.6 Å². The second kappa shape index (κ2) is 9.62. The number of hydrogen-bond donors (Lipinski definition) is 0. The van der Waals surface area contributed by atoms with Gasteiger partial charge in [-0.3, -0.25) is 4.79 Å². The van der Waals surface area contributed by atoms with Crippen molar-refractivity contribution >= 4 is 29.0 Å².